The van der Waals surface area contributed by atoms with E-state index in [0.29, 0.717) is 29.8 Å². The fourth-order valence-corrected chi connectivity index (χ4v) is 4.45. The van der Waals surface area contributed by atoms with Crippen molar-refractivity contribution in [3.05, 3.63) is 64.4 Å². The summed E-state index contributed by atoms with van der Waals surface area (Å²) in [6.07, 6.45) is 2.44. The highest BCUT2D eigenvalue weighted by Gasteiger charge is 2.26. The van der Waals surface area contributed by atoms with E-state index < -0.39 is 5.63 Å². The van der Waals surface area contributed by atoms with Crippen molar-refractivity contribution in [1.82, 2.24) is 4.90 Å². The van der Waals surface area contributed by atoms with Crippen molar-refractivity contribution < 1.29 is 18.4 Å². The van der Waals surface area contributed by atoms with E-state index >= 15 is 0 Å². The van der Waals surface area contributed by atoms with Crippen LogP contribution in [-0.2, 0) is 0 Å². The zero-order valence-electron chi connectivity index (χ0n) is 14.8. The highest BCUT2D eigenvalue weighted by atomic mass is 32.2. The normalized spacial score (nSPS) is 17.7. The highest BCUT2D eigenvalue weighted by molar-refractivity contribution is 7.99. The maximum absolute atomic E-state index is 13.0. The van der Waals surface area contributed by atoms with Crippen LogP contribution in [0.3, 0.4) is 0 Å². The fourth-order valence-electron chi connectivity index (χ4n) is 3.27. The van der Waals surface area contributed by atoms with Gasteiger partial charge in [0.15, 0.2) is 11.3 Å². The number of furan rings is 1. The number of amides is 1. The van der Waals surface area contributed by atoms with Crippen LogP contribution in [0, 0.1) is 0 Å². The molecule has 3 heterocycles. The Labute approximate surface area is 160 Å². The summed E-state index contributed by atoms with van der Waals surface area (Å²) in [5.74, 6) is 1.88. The number of para-hydroxylation sites is 1. The van der Waals surface area contributed by atoms with Crippen molar-refractivity contribution in [2.24, 2.45) is 0 Å². The second kappa shape index (κ2) is 7.52. The molecule has 1 aliphatic rings. The molecule has 27 heavy (non-hydrogen) atoms. The zero-order chi connectivity index (χ0) is 18.8. The Morgan fingerprint density at radius 3 is 2.93 bits per heavy atom. The minimum atomic E-state index is -0.642. The monoisotopic (exact) mass is 385 g/mol. The standard InChI is InChI=1S/C20H19NO5S/c1-24-16-5-2-4-13-12-14(20(23)26-18(13)16)19(22)21-8-7-17(27-11-9-21)15-6-3-10-25-15/h2-6,10,12,17H,7-9,11H2,1H3. The number of fused-ring (bicyclic) bond motifs is 1. The Morgan fingerprint density at radius 1 is 1.26 bits per heavy atom. The minimum Gasteiger partial charge on any atom is -0.493 e. The Kier molecular flexibility index (Phi) is 4.94. The summed E-state index contributed by atoms with van der Waals surface area (Å²) in [4.78, 5) is 27.1. The maximum atomic E-state index is 13.0. The lowest BCUT2D eigenvalue weighted by Gasteiger charge is -2.19. The molecule has 0 saturated carbocycles. The predicted molar refractivity (Wildman–Crippen MR) is 103 cm³/mol. The summed E-state index contributed by atoms with van der Waals surface area (Å²) >= 11 is 1.76. The van der Waals surface area contributed by atoms with Gasteiger partial charge >= 0.3 is 5.63 Å². The Morgan fingerprint density at radius 2 is 2.15 bits per heavy atom. The quantitative estimate of drug-likeness (QED) is 0.640. The molecule has 1 unspecified atom stereocenters. The number of hydrogen-bond acceptors (Lipinski definition) is 6. The molecule has 3 aromatic rings. The second-order valence-corrected chi connectivity index (χ2v) is 7.59. The SMILES string of the molecule is COc1cccc2cc(C(=O)N3CCSC(c4ccco4)CC3)c(=O)oc12. The molecule has 0 aliphatic carbocycles. The average Bonchev–Trinajstić information content (AvgIpc) is 3.11. The molecule has 1 atom stereocenters. The molecule has 4 rings (SSSR count). The molecule has 1 fully saturated rings. The van der Waals surface area contributed by atoms with E-state index in [-0.39, 0.29) is 16.7 Å². The molecule has 1 aromatic carbocycles. The number of carbonyl (C=O) groups is 1. The molecular formula is C20H19NO5S. The van der Waals surface area contributed by atoms with Gasteiger partial charge in [-0.3, -0.25) is 4.79 Å². The van der Waals surface area contributed by atoms with Gasteiger partial charge < -0.3 is 18.5 Å². The van der Waals surface area contributed by atoms with Crippen LogP contribution in [0.25, 0.3) is 11.0 Å². The number of carbonyl (C=O) groups excluding carboxylic acids is 1. The number of nitrogens with zero attached hydrogens (tertiary/aromatic N) is 1. The topological polar surface area (TPSA) is 72.9 Å². The van der Waals surface area contributed by atoms with Crippen LogP contribution in [0.4, 0.5) is 0 Å². The van der Waals surface area contributed by atoms with Crippen LogP contribution in [0.2, 0.25) is 0 Å². The summed E-state index contributed by atoms with van der Waals surface area (Å²) in [6, 6.07) is 10.7. The lowest BCUT2D eigenvalue weighted by Crippen LogP contribution is -2.35. The van der Waals surface area contributed by atoms with Crippen molar-refractivity contribution in [2.75, 3.05) is 26.0 Å². The van der Waals surface area contributed by atoms with E-state index in [1.807, 2.05) is 12.1 Å². The van der Waals surface area contributed by atoms with Gasteiger partial charge in [0.1, 0.15) is 11.3 Å². The number of ether oxygens (including phenoxy) is 1. The van der Waals surface area contributed by atoms with Crippen molar-refractivity contribution in [3.63, 3.8) is 0 Å². The van der Waals surface area contributed by atoms with E-state index in [0.717, 1.165) is 17.9 Å². The van der Waals surface area contributed by atoms with E-state index in [1.54, 1.807) is 47.2 Å². The Bertz CT molecular complexity index is 1010. The van der Waals surface area contributed by atoms with Crippen LogP contribution in [0.15, 0.2) is 56.3 Å². The lowest BCUT2D eigenvalue weighted by molar-refractivity contribution is 0.0762. The maximum Gasteiger partial charge on any atom is 0.349 e. The predicted octanol–water partition coefficient (Wildman–Crippen LogP) is 3.72. The highest BCUT2D eigenvalue weighted by Crippen LogP contribution is 2.34. The summed E-state index contributed by atoms with van der Waals surface area (Å²) in [5, 5.41) is 0.880. The molecule has 1 saturated heterocycles. The van der Waals surface area contributed by atoms with Crippen molar-refractivity contribution in [2.45, 2.75) is 11.7 Å². The molecule has 1 amide bonds. The minimum absolute atomic E-state index is 0.0530. The van der Waals surface area contributed by atoms with Crippen LogP contribution < -0.4 is 10.4 Å². The Balaban J connectivity index is 1.59. The smallest absolute Gasteiger partial charge is 0.349 e. The molecule has 140 valence electrons. The van der Waals surface area contributed by atoms with Gasteiger partial charge in [-0.2, -0.15) is 0 Å². The van der Waals surface area contributed by atoms with Gasteiger partial charge in [0.05, 0.1) is 18.6 Å². The molecular weight excluding hydrogens is 366 g/mol. The van der Waals surface area contributed by atoms with E-state index in [4.69, 9.17) is 13.6 Å². The third-order valence-electron chi connectivity index (χ3n) is 4.66. The van der Waals surface area contributed by atoms with Gasteiger partial charge in [0.25, 0.3) is 5.91 Å². The van der Waals surface area contributed by atoms with Crippen LogP contribution in [0.1, 0.15) is 27.8 Å². The van der Waals surface area contributed by atoms with Crippen LogP contribution in [0.5, 0.6) is 5.75 Å². The third-order valence-corrected chi connectivity index (χ3v) is 5.95. The van der Waals surface area contributed by atoms with E-state index in [9.17, 15) is 9.59 Å². The number of benzene rings is 1. The molecule has 1 aliphatic heterocycles. The molecule has 0 bridgehead atoms. The first-order valence-corrected chi connectivity index (χ1v) is 9.77. The average molecular weight is 385 g/mol. The number of hydrogen-bond donors (Lipinski definition) is 0. The molecule has 2 aromatic heterocycles. The number of methoxy groups -OCH3 is 1. The third kappa shape index (κ3) is 3.47. The van der Waals surface area contributed by atoms with E-state index in [1.165, 1.54) is 7.11 Å². The fraction of sp³-hybridized carbons (Fsp3) is 0.300. The van der Waals surface area contributed by atoms with Crippen LogP contribution in [-0.4, -0.2) is 36.8 Å². The van der Waals surface area contributed by atoms with Crippen molar-refractivity contribution in [1.29, 1.82) is 0 Å². The summed E-state index contributed by atoms with van der Waals surface area (Å²) < 4.78 is 16.1. The number of rotatable bonds is 3. The van der Waals surface area contributed by atoms with Gasteiger partial charge in [0, 0.05) is 24.2 Å². The second-order valence-electron chi connectivity index (χ2n) is 6.28. The first-order valence-electron chi connectivity index (χ1n) is 8.72. The van der Waals surface area contributed by atoms with Gasteiger partial charge in [-0.15, -0.1) is 11.8 Å². The summed E-state index contributed by atoms with van der Waals surface area (Å²) in [7, 11) is 1.51. The molecule has 0 N–H and O–H groups in total. The van der Waals surface area contributed by atoms with E-state index in [2.05, 4.69) is 0 Å². The first-order chi connectivity index (χ1) is 13.2. The van der Waals surface area contributed by atoms with Crippen LogP contribution >= 0.6 is 11.8 Å². The lowest BCUT2D eigenvalue weighted by atomic mass is 10.1. The van der Waals surface area contributed by atoms with Crippen molar-refractivity contribution in [3.8, 4) is 5.75 Å². The first kappa shape index (κ1) is 17.7. The molecule has 7 heteroatoms. The zero-order valence-corrected chi connectivity index (χ0v) is 15.7. The van der Waals surface area contributed by atoms with Crippen molar-refractivity contribution >= 4 is 28.6 Å². The largest absolute Gasteiger partial charge is 0.493 e. The summed E-state index contributed by atoms with van der Waals surface area (Å²) in [6.45, 7) is 1.14. The molecule has 0 spiro atoms. The van der Waals surface area contributed by atoms with Gasteiger partial charge in [-0.05, 0) is 30.7 Å². The van der Waals surface area contributed by atoms with Gasteiger partial charge in [-0.1, -0.05) is 12.1 Å². The van der Waals surface area contributed by atoms with Gasteiger partial charge in [-0.25, -0.2) is 4.79 Å². The Hall–Kier alpha value is -2.67. The number of thioether (sulfide) groups is 1. The summed E-state index contributed by atoms with van der Waals surface area (Å²) in [5.41, 5.74) is -0.237. The molecule has 6 nitrogen and oxygen atoms in total. The molecule has 0 radical (unpaired) electrons. The van der Waals surface area contributed by atoms with Gasteiger partial charge in [0.2, 0.25) is 0 Å².